The Hall–Kier alpha value is -1.95. The van der Waals surface area contributed by atoms with Crippen LogP contribution in [0, 0.1) is 10.1 Å². The highest BCUT2D eigenvalue weighted by atomic mass is 16.6. The number of hydrogen-bond donors (Lipinski definition) is 1. The molecule has 1 saturated heterocycles. The van der Waals surface area contributed by atoms with Crippen LogP contribution in [0.5, 0.6) is 0 Å². The predicted molar refractivity (Wildman–Crippen MR) is 75.5 cm³/mol. The molecule has 6 heteroatoms. The summed E-state index contributed by atoms with van der Waals surface area (Å²) in [4.78, 5) is 24.0. The van der Waals surface area contributed by atoms with Crippen LogP contribution in [-0.2, 0) is 11.2 Å². The molecule has 0 radical (unpaired) electrons. The van der Waals surface area contributed by atoms with Gasteiger partial charge in [-0.25, -0.2) is 0 Å². The summed E-state index contributed by atoms with van der Waals surface area (Å²) in [5.41, 5.74) is 1.13. The van der Waals surface area contributed by atoms with E-state index in [1.54, 1.807) is 12.1 Å². The lowest BCUT2D eigenvalue weighted by Crippen LogP contribution is -2.46. The van der Waals surface area contributed by atoms with E-state index < -0.39 is 4.92 Å². The zero-order valence-corrected chi connectivity index (χ0v) is 11.4. The number of carbonyl (C=O) groups excluding carboxylic acids is 1. The third kappa shape index (κ3) is 4.03. The summed E-state index contributed by atoms with van der Waals surface area (Å²) in [6, 6.07) is 6.53. The minimum absolute atomic E-state index is 0.102. The van der Waals surface area contributed by atoms with Gasteiger partial charge in [-0.2, -0.15) is 0 Å². The molecule has 1 aromatic rings. The fourth-order valence-corrected chi connectivity index (χ4v) is 2.30. The van der Waals surface area contributed by atoms with Crippen molar-refractivity contribution in [3.63, 3.8) is 0 Å². The molecule has 0 aromatic heterocycles. The van der Waals surface area contributed by atoms with Crippen LogP contribution >= 0.6 is 0 Å². The Balaban J connectivity index is 1.74. The largest absolute Gasteiger partial charge is 0.340 e. The van der Waals surface area contributed by atoms with Crippen LogP contribution in [0.3, 0.4) is 0 Å². The summed E-state index contributed by atoms with van der Waals surface area (Å²) in [7, 11) is 0. The highest BCUT2D eigenvalue weighted by molar-refractivity contribution is 5.76. The molecule has 0 aliphatic carbocycles. The first-order valence-electron chi connectivity index (χ1n) is 6.88. The van der Waals surface area contributed by atoms with Gasteiger partial charge in [0, 0.05) is 44.7 Å². The maximum atomic E-state index is 11.9. The number of carbonyl (C=O) groups is 1. The second kappa shape index (κ2) is 7.00. The molecule has 1 amide bonds. The van der Waals surface area contributed by atoms with E-state index in [1.165, 1.54) is 12.1 Å². The van der Waals surface area contributed by atoms with E-state index in [9.17, 15) is 14.9 Å². The second-order valence-electron chi connectivity index (χ2n) is 4.91. The molecule has 1 N–H and O–H groups in total. The molecule has 0 spiro atoms. The molecule has 1 fully saturated rings. The summed E-state index contributed by atoms with van der Waals surface area (Å²) in [5, 5.41) is 13.8. The minimum Gasteiger partial charge on any atom is -0.340 e. The van der Waals surface area contributed by atoms with E-state index >= 15 is 0 Å². The highest BCUT2D eigenvalue weighted by Gasteiger charge is 2.15. The molecule has 1 aliphatic heterocycles. The molecule has 1 aromatic carbocycles. The third-order valence-electron chi connectivity index (χ3n) is 3.47. The lowest BCUT2D eigenvalue weighted by molar-refractivity contribution is -0.384. The van der Waals surface area contributed by atoms with Crippen LogP contribution in [0.1, 0.15) is 18.4 Å². The minimum atomic E-state index is -0.405. The summed E-state index contributed by atoms with van der Waals surface area (Å²) in [5.74, 6) is 0.202. The van der Waals surface area contributed by atoms with Crippen molar-refractivity contribution < 1.29 is 9.72 Å². The average molecular weight is 277 g/mol. The number of hydrogen-bond acceptors (Lipinski definition) is 4. The van der Waals surface area contributed by atoms with E-state index in [4.69, 9.17) is 0 Å². The van der Waals surface area contributed by atoms with Crippen molar-refractivity contribution in [3.05, 3.63) is 39.9 Å². The van der Waals surface area contributed by atoms with E-state index in [2.05, 4.69) is 5.32 Å². The predicted octanol–water partition coefficient (Wildman–Crippen LogP) is 1.35. The van der Waals surface area contributed by atoms with E-state index in [-0.39, 0.29) is 11.6 Å². The summed E-state index contributed by atoms with van der Waals surface area (Å²) in [6.45, 7) is 3.31. The van der Waals surface area contributed by atoms with Crippen molar-refractivity contribution in [3.8, 4) is 0 Å². The van der Waals surface area contributed by atoms with Crippen molar-refractivity contribution in [1.82, 2.24) is 10.2 Å². The first kappa shape index (κ1) is 14.5. The van der Waals surface area contributed by atoms with Crippen molar-refractivity contribution >= 4 is 11.6 Å². The number of aryl methyl sites for hydroxylation is 1. The topological polar surface area (TPSA) is 75.5 Å². The fraction of sp³-hybridized carbons (Fsp3) is 0.500. The molecule has 0 bridgehead atoms. The summed E-state index contributed by atoms with van der Waals surface area (Å²) < 4.78 is 0. The van der Waals surface area contributed by atoms with Gasteiger partial charge in [0.2, 0.25) is 5.91 Å². The van der Waals surface area contributed by atoms with Gasteiger partial charge < -0.3 is 10.2 Å². The van der Waals surface area contributed by atoms with Crippen LogP contribution in [0.15, 0.2) is 24.3 Å². The molecule has 0 unspecified atom stereocenters. The Morgan fingerprint density at radius 2 is 1.90 bits per heavy atom. The number of non-ortho nitro benzene ring substituents is 1. The number of piperazine rings is 1. The summed E-state index contributed by atoms with van der Waals surface area (Å²) >= 11 is 0. The van der Waals surface area contributed by atoms with Gasteiger partial charge >= 0.3 is 0 Å². The molecule has 0 saturated carbocycles. The van der Waals surface area contributed by atoms with E-state index in [0.717, 1.165) is 44.6 Å². The van der Waals surface area contributed by atoms with Gasteiger partial charge in [-0.15, -0.1) is 0 Å². The second-order valence-corrected chi connectivity index (χ2v) is 4.91. The number of nitrogens with zero attached hydrogens (tertiary/aromatic N) is 2. The van der Waals surface area contributed by atoms with Crippen molar-refractivity contribution in [2.24, 2.45) is 0 Å². The molecule has 20 heavy (non-hydrogen) atoms. The molecule has 0 atom stereocenters. The zero-order valence-electron chi connectivity index (χ0n) is 11.4. The lowest BCUT2D eigenvalue weighted by Gasteiger charge is -2.27. The summed E-state index contributed by atoms with van der Waals surface area (Å²) in [6.07, 6.45) is 2.09. The smallest absolute Gasteiger partial charge is 0.269 e. The fourth-order valence-electron chi connectivity index (χ4n) is 2.30. The quantitative estimate of drug-likeness (QED) is 0.651. The third-order valence-corrected chi connectivity index (χ3v) is 3.47. The zero-order chi connectivity index (χ0) is 14.4. The maximum Gasteiger partial charge on any atom is 0.269 e. The van der Waals surface area contributed by atoms with Gasteiger partial charge in [-0.05, 0) is 18.4 Å². The number of nitrogens with one attached hydrogen (secondary N) is 1. The van der Waals surface area contributed by atoms with Gasteiger partial charge in [0.05, 0.1) is 4.92 Å². The number of nitro benzene ring substituents is 1. The first-order chi connectivity index (χ1) is 9.66. The maximum absolute atomic E-state index is 11.9. The average Bonchev–Trinajstić information content (AvgIpc) is 2.48. The Kier molecular flexibility index (Phi) is 5.06. The lowest BCUT2D eigenvalue weighted by atomic mass is 10.1. The molecular weight excluding hydrogens is 258 g/mol. The molecule has 1 heterocycles. The van der Waals surface area contributed by atoms with Gasteiger partial charge in [-0.1, -0.05) is 12.1 Å². The molecular formula is C14H19N3O3. The monoisotopic (exact) mass is 277 g/mol. The number of nitro groups is 1. The molecule has 108 valence electrons. The van der Waals surface area contributed by atoms with Gasteiger partial charge in [0.25, 0.3) is 5.69 Å². The number of rotatable bonds is 5. The van der Waals surface area contributed by atoms with Crippen LogP contribution < -0.4 is 5.32 Å². The normalized spacial score (nSPS) is 15.1. The van der Waals surface area contributed by atoms with Crippen molar-refractivity contribution in [2.75, 3.05) is 26.2 Å². The number of amides is 1. The Morgan fingerprint density at radius 3 is 2.50 bits per heavy atom. The van der Waals surface area contributed by atoms with Gasteiger partial charge in [0.15, 0.2) is 0 Å². The van der Waals surface area contributed by atoms with Crippen LogP contribution in [0.2, 0.25) is 0 Å². The van der Waals surface area contributed by atoms with Crippen molar-refractivity contribution in [2.45, 2.75) is 19.3 Å². The highest BCUT2D eigenvalue weighted by Crippen LogP contribution is 2.14. The Labute approximate surface area is 117 Å². The molecule has 6 nitrogen and oxygen atoms in total. The SMILES string of the molecule is O=C(CCCc1ccc([N+](=O)[O-])cc1)N1CCNCC1. The molecule has 1 aliphatic rings. The van der Waals surface area contributed by atoms with Crippen LogP contribution in [0.25, 0.3) is 0 Å². The van der Waals surface area contributed by atoms with Crippen molar-refractivity contribution in [1.29, 1.82) is 0 Å². The molecule has 2 rings (SSSR count). The Morgan fingerprint density at radius 1 is 1.25 bits per heavy atom. The van der Waals surface area contributed by atoms with Crippen LogP contribution in [0.4, 0.5) is 5.69 Å². The number of benzene rings is 1. The van der Waals surface area contributed by atoms with Gasteiger partial charge in [-0.3, -0.25) is 14.9 Å². The standard InChI is InChI=1S/C14H19N3O3/c18-14(16-10-8-15-9-11-16)3-1-2-12-4-6-13(7-5-12)17(19)20/h4-7,15H,1-3,8-11H2. The van der Waals surface area contributed by atoms with E-state index in [0.29, 0.717) is 6.42 Å². The van der Waals surface area contributed by atoms with E-state index in [1.807, 2.05) is 4.90 Å². The van der Waals surface area contributed by atoms with Gasteiger partial charge in [0.1, 0.15) is 0 Å². The van der Waals surface area contributed by atoms with Crippen LogP contribution in [-0.4, -0.2) is 41.9 Å². The first-order valence-corrected chi connectivity index (χ1v) is 6.88. The Bertz CT molecular complexity index is 467.